The lowest BCUT2D eigenvalue weighted by atomic mass is 10.2. The van der Waals surface area contributed by atoms with Gasteiger partial charge in [0.1, 0.15) is 0 Å². The highest BCUT2D eigenvalue weighted by Gasteiger charge is 1.92. The van der Waals surface area contributed by atoms with Gasteiger partial charge in [0.15, 0.2) is 0 Å². The molecule has 1 aromatic rings. The number of hydrogen-bond acceptors (Lipinski definition) is 2. The van der Waals surface area contributed by atoms with E-state index in [1.54, 1.807) is 11.3 Å². The van der Waals surface area contributed by atoms with E-state index >= 15 is 0 Å². The van der Waals surface area contributed by atoms with Gasteiger partial charge in [-0.1, -0.05) is 12.1 Å². The van der Waals surface area contributed by atoms with E-state index in [1.165, 1.54) is 10.5 Å². The first-order valence-electron chi connectivity index (χ1n) is 3.25. The minimum atomic E-state index is 0.629. The van der Waals surface area contributed by atoms with Crippen molar-refractivity contribution >= 4 is 16.9 Å². The Hall–Kier alpha value is -0.600. The second-order valence-electron chi connectivity index (χ2n) is 2.10. The second-order valence-corrected chi connectivity index (χ2v) is 3.05. The van der Waals surface area contributed by atoms with Crippen molar-refractivity contribution < 1.29 is 0 Å². The summed E-state index contributed by atoms with van der Waals surface area (Å²) >= 11 is 1.75. The van der Waals surface area contributed by atoms with Crippen LogP contribution >= 0.6 is 11.3 Å². The van der Waals surface area contributed by atoms with E-state index in [0.717, 1.165) is 0 Å². The standard InChI is InChI=1S/C8H11NS/c1-7(4-5-9)8-3-2-6-10-8/h2-4,6H,5,9H2,1H3. The Balaban J connectivity index is 2.77. The molecule has 0 spiro atoms. The summed E-state index contributed by atoms with van der Waals surface area (Å²) in [5.41, 5.74) is 6.64. The third kappa shape index (κ3) is 1.69. The van der Waals surface area contributed by atoms with E-state index < -0.39 is 0 Å². The molecule has 2 N–H and O–H groups in total. The summed E-state index contributed by atoms with van der Waals surface area (Å²) in [6, 6.07) is 4.15. The molecule has 0 aromatic carbocycles. The van der Waals surface area contributed by atoms with E-state index in [9.17, 15) is 0 Å². The summed E-state index contributed by atoms with van der Waals surface area (Å²) in [5.74, 6) is 0. The maximum absolute atomic E-state index is 5.36. The molecule has 2 heteroatoms. The van der Waals surface area contributed by atoms with Crippen LogP contribution in [-0.2, 0) is 0 Å². The van der Waals surface area contributed by atoms with Crippen molar-refractivity contribution in [1.82, 2.24) is 0 Å². The fourth-order valence-electron chi connectivity index (χ4n) is 0.780. The van der Waals surface area contributed by atoms with E-state index in [-0.39, 0.29) is 0 Å². The molecule has 0 amide bonds. The minimum Gasteiger partial charge on any atom is -0.327 e. The lowest BCUT2D eigenvalue weighted by molar-refractivity contribution is 1.25. The van der Waals surface area contributed by atoms with Crippen molar-refractivity contribution in [2.45, 2.75) is 6.92 Å². The third-order valence-electron chi connectivity index (χ3n) is 1.33. The van der Waals surface area contributed by atoms with Gasteiger partial charge in [0.2, 0.25) is 0 Å². The molecule has 0 radical (unpaired) electrons. The molecule has 10 heavy (non-hydrogen) atoms. The Labute approximate surface area is 65.2 Å². The van der Waals surface area contributed by atoms with Gasteiger partial charge in [-0.3, -0.25) is 0 Å². The predicted molar refractivity (Wildman–Crippen MR) is 47.0 cm³/mol. The molecule has 0 saturated carbocycles. The summed E-state index contributed by atoms with van der Waals surface area (Å²) in [4.78, 5) is 1.31. The molecule has 1 rings (SSSR count). The van der Waals surface area contributed by atoms with Crippen molar-refractivity contribution in [3.05, 3.63) is 28.5 Å². The summed E-state index contributed by atoms with van der Waals surface area (Å²) in [5, 5.41) is 2.07. The molecule has 0 saturated heterocycles. The average Bonchev–Trinajstić information content (AvgIpc) is 2.38. The first-order chi connectivity index (χ1) is 4.84. The second kappa shape index (κ2) is 3.54. The van der Waals surface area contributed by atoms with Crippen molar-refractivity contribution in [2.75, 3.05) is 6.54 Å². The summed E-state index contributed by atoms with van der Waals surface area (Å²) in [6.07, 6.45) is 2.03. The van der Waals surface area contributed by atoms with Crippen molar-refractivity contribution in [3.63, 3.8) is 0 Å². The number of nitrogens with two attached hydrogens (primary N) is 1. The van der Waals surface area contributed by atoms with Gasteiger partial charge >= 0.3 is 0 Å². The quantitative estimate of drug-likeness (QED) is 0.692. The van der Waals surface area contributed by atoms with Crippen LogP contribution in [0.1, 0.15) is 11.8 Å². The lowest BCUT2D eigenvalue weighted by Gasteiger charge is -1.92. The van der Waals surface area contributed by atoms with E-state index in [2.05, 4.69) is 18.4 Å². The lowest BCUT2D eigenvalue weighted by Crippen LogP contribution is -1.93. The SMILES string of the molecule is CC(=CCN)c1cccs1. The van der Waals surface area contributed by atoms with Gasteiger partial charge in [0.25, 0.3) is 0 Å². The number of thiophene rings is 1. The zero-order chi connectivity index (χ0) is 7.40. The Morgan fingerprint density at radius 3 is 3.10 bits per heavy atom. The van der Waals surface area contributed by atoms with Crippen LogP contribution < -0.4 is 5.73 Å². The van der Waals surface area contributed by atoms with Crippen LogP contribution in [0.15, 0.2) is 23.6 Å². The molecule has 1 heterocycles. The molecule has 0 aliphatic heterocycles. The van der Waals surface area contributed by atoms with Crippen LogP contribution in [0.5, 0.6) is 0 Å². The Bertz CT molecular complexity index is 211. The van der Waals surface area contributed by atoms with E-state index in [0.29, 0.717) is 6.54 Å². The first-order valence-corrected chi connectivity index (χ1v) is 4.13. The monoisotopic (exact) mass is 153 g/mol. The van der Waals surface area contributed by atoms with Crippen LogP contribution in [0.3, 0.4) is 0 Å². The zero-order valence-electron chi connectivity index (χ0n) is 6.00. The van der Waals surface area contributed by atoms with Gasteiger partial charge in [-0.05, 0) is 23.9 Å². The number of hydrogen-bond donors (Lipinski definition) is 1. The van der Waals surface area contributed by atoms with Crippen LogP contribution in [-0.4, -0.2) is 6.54 Å². The molecule has 54 valence electrons. The fraction of sp³-hybridized carbons (Fsp3) is 0.250. The van der Waals surface area contributed by atoms with Gasteiger partial charge in [-0.25, -0.2) is 0 Å². The highest BCUT2D eigenvalue weighted by molar-refractivity contribution is 7.11. The Morgan fingerprint density at radius 2 is 2.60 bits per heavy atom. The summed E-state index contributed by atoms with van der Waals surface area (Å²) < 4.78 is 0. The number of rotatable bonds is 2. The van der Waals surface area contributed by atoms with Gasteiger partial charge in [0.05, 0.1) is 0 Å². The highest BCUT2D eigenvalue weighted by Crippen LogP contribution is 2.18. The van der Waals surface area contributed by atoms with Crippen LogP contribution in [0.4, 0.5) is 0 Å². The maximum atomic E-state index is 5.36. The smallest absolute Gasteiger partial charge is 0.0296 e. The Morgan fingerprint density at radius 1 is 1.80 bits per heavy atom. The molecule has 0 atom stereocenters. The van der Waals surface area contributed by atoms with Gasteiger partial charge in [-0.15, -0.1) is 11.3 Å². The molecule has 0 bridgehead atoms. The van der Waals surface area contributed by atoms with Gasteiger partial charge in [0, 0.05) is 11.4 Å². The fourth-order valence-corrected chi connectivity index (χ4v) is 1.51. The summed E-state index contributed by atoms with van der Waals surface area (Å²) in [6.45, 7) is 2.71. The molecule has 0 unspecified atom stereocenters. The average molecular weight is 153 g/mol. The predicted octanol–water partition coefficient (Wildman–Crippen LogP) is 2.11. The first kappa shape index (κ1) is 7.51. The normalized spacial score (nSPS) is 12.0. The molecule has 0 aliphatic rings. The molecule has 1 aromatic heterocycles. The maximum Gasteiger partial charge on any atom is 0.0296 e. The summed E-state index contributed by atoms with van der Waals surface area (Å²) in [7, 11) is 0. The van der Waals surface area contributed by atoms with E-state index in [1.807, 2.05) is 12.1 Å². The molecular formula is C8H11NS. The van der Waals surface area contributed by atoms with E-state index in [4.69, 9.17) is 5.73 Å². The molecule has 0 fully saturated rings. The third-order valence-corrected chi connectivity index (χ3v) is 2.34. The molecule has 0 aliphatic carbocycles. The van der Waals surface area contributed by atoms with Crippen LogP contribution in [0.25, 0.3) is 5.57 Å². The topological polar surface area (TPSA) is 26.0 Å². The largest absolute Gasteiger partial charge is 0.327 e. The van der Waals surface area contributed by atoms with Crippen molar-refractivity contribution in [2.24, 2.45) is 5.73 Å². The highest BCUT2D eigenvalue weighted by atomic mass is 32.1. The Kier molecular flexibility index (Phi) is 2.66. The van der Waals surface area contributed by atoms with Crippen molar-refractivity contribution in [1.29, 1.82) is 0 Å². The van der Waals surface area contributed by atoms with Crippen LogP contribution in [0, 0.1) is 0 Å². The number of allylic oxidation sites excluding steroid dienone is 1. The molecular weight excluding hydrogens is 142 g/mol. The van der Waals surface area contributed by atoms with Crippen molar-refractivity contribution in [3.8, 4) is 0 Å². The minimum absolute atomic E-state index is 0.629. The van der Waals surface area contributed by atoms with Gasteiger partial charge in [-0.2, -0.15) is 0 Å². The zero-order valence-corrected chi connectivity index (χ0v) is 6.82. The van der Waals surface area contributed by atoms with Gasteiger partial charge < -0.3 is 5.73 Å². The van der Waals surface area contributed by atoms with Crippen LogP contribution in [0.2, 0.25) is 0 Å². The molecule has 1 nitrogen and oxygen atoms in total.